The number of carbonyl (C=O) groups is 1. The number of nitrogens with two attached hydrogens (primary N) is 1. The van der Waals surface area contributed by atoms with Crippen molar-refractivity contribution in [2.45, 2.75) is 37.3 Å². The summed E-state index contributed by atoms with van der Waals surface area (Å²) in [5.41, 5.74) is 1.02. The highest BCUT2D eigenvalue weighted by Gasteiger charge is 2.57. The van der Waals surface area contributed by atoms with E-state index in [0.717, 1.165) is 4.90 Å². The molecule has 2 aromatic rings. The Morgan fingerprint density at radius 3 is 2.52 bits per heavy atom. The number of halogens is 3. The molecule has 2 aliphatic rings. The number of hydrogen-bond donors (Lipinski definition) is 1. The Balaban J connectivity index is 1.71. The van der Waals surface area contributed by atoms with Crippen LogP contribution in [0.25, 0.3) is 11.1 Å². The lowest BCUT2D eigenvalue weighted by Gasteiger charge is -2.29. The zero-order chi connectivity index (χ0) is 23.8. The molecule has 2 heterocycles. The van der Waals surface area contributed by atoms with Crippen molar-refractivity contribution in [2.24, 2.45) is 11.1 Å². The maximum Gasteiger partial charge on any atom is 0.271 e. The van der Waals surface area contributed by atoms with Gasteiger partial charge in [-0.2, -0.15) is 0 Å². The van der Waals surface area contributed by atoms with Gasteiger partial charge in [0, 0.05) is 18.2 Å². The van der Waals surface area contributed by atoms with Gasteiger partial charge in [-0.25, -0.2) is 26.7 Å². The molecule has 3 atom stereocenters. The van der Waals surface area contributed by atoms with Gasteiger partial charge in [0.2, 0.25) is 10.0 Å². The number of primary sulfonamides is 1. The number of rotatable bonds is 6. The summed E-state index contributed by atoms with van der Waals surface area (Å²) in [6, 6.07) is 12.1. The average Bonchev–Trinajstić information content (AvgIpc) is 3.37. The number of benzene rings is 2. The smallest absolute Gasteiger partial charge is 0.271 e. The van der Waals surface area contributed by atoms with Gasteiger partial charge in [0.25, 0.3) is 11.8 Å². The molecule has 0 unspecified atom stereocenters. The van der Waals surface area contributed by atoms with Gasteiger partial charge in [-0.3, -0.25) is 4.79 Å². The van der Waals surface area contributed by atoms with Gasteiger partial charge in [0.05, 0.1) is 18.2 Å². The molecule has 0 aliphatic carbocycles. The fourth-order valence-corrected chi connectivity index (χ4v) is 5.66. The summed E-state index contributed by atoms with van der Waals surface area (Å²) in [4.78, 5) is 14.0. The van der Waals surface area contributed by atoms with Gasteiger partial charge in [-0.15, -0.1) is 0 Å². The van der Waals surface area contributed by atoms with Crippen LogP contribution in [0, 0.1) is 11.7 Å². The summed E-state index contributed by atoms with van der Waals surface area (Å²) in [5.74, 6) is -7.51. The molecule has 0 radical (unpaired) electrons. The molecule has 1 amide bonds. The van der Waals surface area contributed by atoms with Crippen molar-refractivity contribution >= 4 is 15.9 Å². The molecule has 6 nitrogen and oxygen atoms in total. The fourth-order valence-electron chi connectivity index (χ4n) is 4.70. The first-order chi connectivity index (χ1) is 15.6. The number of amides is 1. The molecule has 4 rings (SSSR count). The van der Waals surface area contributed by atoms with E-state index >= 15 is 4.39 Å². The average molecular weight is 483 g/mol. The second-order valence-corrected chi connectivity index (χ2v) is 10.2. The number of likely N-dealkylation sites (tertiary alicyclic amines) is 1. The summed E-state index contributed by atoms with van der Waals surface area (Å²) in [6.45, 7) is -0.615. The zero-order valence-corrected chi connectivity index (χ0v) is 18.6. The van der Waals surface area contributed by atoms with E-state index in [1.54, 1.807) is 42.5 Å². The number of carbonyl (C=O) groups excluding carboxylic acids is 1. The van der Waals surface area contributed by atoms with E-state index in [1.165, 1.54) is 6.07 Å². The lowest BCUT2D eigenvalue weighted by Crippen LogP contribution is -2.46. The standard InChI is InChI=1S/C23H25F3N2O4S/c24-21-16(8-4-9-17(21)15-6-2-1-3-7-15)12-19-18(13-33(27,30)31)23(25,26)14-28(19)22(29)20-10-5-11-32-20/h1-4,6-9,18-20H,5,10-14H2,(H2,27,30,31)/t18-,19+,20-/m1/s1. The monoisotopic (exact) mass is 482 g/mol. The van der Waals surface area contributed by atoms with E-state index in [0.29, 0.717) is 25.0 Å². The van der Waals surface area contributed by atoms with E-state index in [4.69, 9.17) is 9.88 Å². The van der Waals surface area contributed by atoms with E-state index < -0.39 is 58.0 Å². The molecule has 0 aromatic heterocycles. The minimum atomic E-state index is -4.28. The second kappa shape index (κ2) is 9.08. The van der Waals surface area contributed by atoms with Gasteiger partial charge < -0.3 is 9.64 Å². The zero-order valence-electron chi connectivity index (χ0n) is 17.8. The maximum atomic E-state index is 15.4. The van der Waals surface area contributed by atoms with Crippen molar-refractivity contribution < 1.29 is 31.1 Å². The minimum Gasteiger partial charge on any atom is -0.368 e. The number of hydrogen-bond acceptors (Lipinski definition) is 4. The number of ether oxygens (including phenoxy) is 1. The minimum absolute atomic E-state index is 0.114. The normalized spacial score (nSPS) is 24.8. The summed E-state index contributed by atoms with van der Waals surface area (Å²) in [7, 11) is -4.28. The quantitative estimate of drug-likeness (QED) is 0.686. The molecule has 0 saturated carbocycles. The van der Waals surface area contributed by atoms with Crippen molar-refractivity contribution in [3.05, 3.63) is 59.9 Å². The lowest BCUT2D eigenvalue weighted by atomic mass is 9.91. The highest BCUT2D eigenvalue weighted by molar-refractivity contribution is 7.89. The van der Waals surface area contributed by atoms with E-state index in [-0.39, 0.29) is 17.5 Å². The molecule has 10 heteroatoms. The highest BCUT2D eigenvalue weighted by Crippen LogP contribution is 2.41. The molecule has 2 N–H and O–H groups in total. The predicted octanol–water partition coefficient (Wildman–Crippen LogP) is 2.97. The third kappa shape index (κ3) is 5.07. The Labute approximate surface area is 190 Å². The van der Waals surface area contributed by atoms with Crippen molar-refractivity contribution in [1.82, 2.24) is 4.90 Å². The Hall–Kier alpha value is -2.43. The Morgan fingerprint density at radius 1 is 1.15 bits per heavy atom. The van der Waals surface area contributed by atoms with E-state index in [1.807, 2.05) is 0 Å². The SMILES string of the molecule is NS(=O)(=O)C[C@@H]1[C@H](Cc2cccc(-c3ccccc3)c2F)N(C(=O)[C@H]2CCCO2)CC1(F)F. The van der Waals surface area contributed by atoms with Crippen LogP contribution in [0.5, 0.6) is 0 Å². The maximum absolute atomic E-state index is 15.4. The predicted molar refractivity (Wildman–Crippen MR) is 116 cm³/mol. The molecular weight excluding hydrogens is 457 g/mol. The summed E-state index contributed by atoms with van der Waals surface area (Å²) in [5, 5.41) is 5.10. The summed E-state index contributed by atoms with van der Waals surface area (Å²) < 4.78 is 74.3. The van der Waals surface area contributed by atoms with Crippen LogP contribution < -0.4 is 5.14 Å². The highest BCUT2D eigenvalue weighted by atomic mass is 32.2. The van der Waals surface area contributed by atoms with Crippen molar-refractivity contribution in [3.8, 4) is 11.1 Å². The summed E-state index contributed by atoms with van der Waals surface area (Å²) in [6.07, 6.45) is -0.122. The first-order valence-corrected chi connectivity index (χ1v) is 12.4. The van der Waals surface area contributed by atoms with Crippen LogP contribution in [0.3, 0.4) is 0 Å². The molecule has 2 aromatic carbocycles. The van der Waals surface area contributed by atoms with Gasteiger partial charge in [0.15, 0.2) is 0 Å². The number of nitrogens with zero attached hydrogens (tertiary/aromatic N) is 1. The molecular formula is C23H25F3N2O4S. The van der Waals surface area contributed by atoms with Gasteiger partial charge in [-0.1, -0.05) is 48.5 Å². The van der Waals surface area contributed by atoms with Gasteiger partial charge >= 0.3 is 0 Å². The van der Waals surface area contributed by atoms with Crippen LogP contribution in [0.4, 0.5) is 13.2 Å². The van der Waals surface area contributed by atoms with Crippen LogP contribution in [0.15, 0.2) is 48.5 Å². The molecule has 33 heavy (non-hydrogen) atoms. The van der Waals surface area contributed by atoms with Crippen LogP contribution in [-0.2, 0) is 26.0 Å². The summed E-state index contributed by atoms with van der Waals surface area (Å²) >= 11 is 0. The third-order valence-electron chi connectivity index (χ3n) is 6.28. The molecule has 2 saturated heterocycles. The molecule has 2 aliphatic heterocycles. The van der Waals surface area contributed by atoms with Crippen molar-refractivity contribution in [3.63, 3.8) is 0 Å². The second-order valence-electron chi connectivity index (χ2n) is 8.58. The van der Waals surface area contributed by atoms with E-state index in [2.05, 4.69) is 0 Å². The van der Waals surface area contributed by atoms with Crippen LogP contribution in [0.1, 0.15) is 18.4 Å². The largest absolute Gasteiger partial charge is 0.368 e. The molecule has 0 spiro atoms. The van der Waals surface area contributed by atoms with E-state index in [9.17, 15) is 22.0 Å². The van der Waals surface area contributed by atoms with Gasteiger partial charge in [0.1, 0.15) is 11.9 Å². The van der Waals surface area contributed by atoms with Crippen LogP contribution >= 0.6 is 0 Å². The lowest BCUT2D eigenvalue weighted by molar-refractivity contribution is -0.143. The number of alkyl halides is 2. The number of sulfonamides is 1. The first-order valence-electron chi connectivity index (χ1n) is 10.7. The molecule has 0 bridgehead atoms. The first kappa shape index (κ1) is 23.7. The van der Waals surface area contributed by atoms with Crippen LogP contribution in [-0.4, -0.2) is 56.2 Å². The topological polar surface area (TPSA) is 89.7 Å². The van der Waals surface area contributed by atoms with Gasteiger partial charge in [-0.05, 0) is 30.4 Å². The molecule has 2 fully saturated rings. The van der Waals surface area contributed by atoms with Crippen LogP contribution in [0.2, 0.25) is 0 Å². The fraction of sp³-hybridized carbons (Fsp3) is 0.435. The Kier molecular flexibility index (Phi) is 6.52. The molecule has 178 valence electrons. The van der Waals surface area contributed by atoms with Crippen molar-refractivity contribution in [1.29, 1.82) is 0 Å². The Bertz CT molecular complexity index is 1120. The van der Waals surface area contributed by atoms with Crippen molar-refractivity contribution in [2.75, 3.05) is 18.9 Å². The Morgan fingerprint density at radius 2 is 1.88 bits per heavy atom. The third-order valence-corrected chi connectivity index (χ3v) is 7.10.